The zero-order valence-electron chi connectivity index (χ0n) is 21.7. The summed E-state index contributed by atoms with van der Waals surface area (Å²) in [6, 6.07) is 16.2. The van der Waals surface area contributed by atoms with Crippen LogP contribution in [0, 0.1) is 15.2 Å². The first-order chi connectivity index (χ1) is 18.0. The molecule has 1 heterocycles. The Balaban J connectivity index is 1.50. The second kappa shape index (κ2) is 12.1. The Bertz CT molecular complexity index is 1280. The summed E-state index contributed by atoms with van der Waals surface area (Å²) in [6.45, 7) is 6.37. The van der Waals surface area contributed by atoms with Gasteiger partial charge in [-0.3, -0.25) is 4.79 Å². The number of fused-ring (bicyclic) bond motifs is 1. The molecule has 3 aromatic rings. The van der Waals surface area contributed by atoms with Crippen molar-refractivity contribution in [3.8, 4) is 5.75 Å². The van der Waals surface area contributed by atoms with E-state index in [2.05, 4.69) is 33.2 Å². The Labute approximate surface area is 236 Å². The quantitative estimate of drug-likeness (QED) is 0.273. The van der Waals surface area contributed by atoms with Crippen LogP contribution in [0.4, 0.5) is 8.78 Å². The van der Waals surface area contributed by atoms with E-state index in [0.717, 1.165) is 38.5 Å². The van der Waals surface area contributed by atoms with Gasteiger partial charge in [0.15, 0.2) is 0 Å². The lowest BCUT2D eigenvalue weighted by Gasteiger charge is -2.31. The molecule has 202 valence electrons. The van der Waals surface area contributed by atoms with E-state index in [1.54, 1.807) is 0 Å². The number of rotatable bonds is 10. The average Bonchev–Trinajstić information content (AvgIpc) is 3.22. The van der Waals surface area contributed by atoms with E-state index in [1.807, 2.05) is 63.2 Å². The van der Waals surface area contributed by atoms with Crippen LogP contribution < -0.4 is 15.4 Å². The minimum absolute atomic E-state index is 0.0676. The van der Waals surface area contributed by atoms with E-state index >= 15 is 0 Å². The summed E-state index contributed by atoms with van der Waals surface area (Å²) in [7, 11) is 0. The van der Waals surface area contributed by atoms with Gasteiger partial charge in [-0.1, -0.05) is 24.3 Å². The highest BCUT2D eigenvalue weighted by atomic mass is 127. The largest absolute Gasteiger partial charge is 0.490 e. The van der Waals surface area contributed by atoms with Gasteiger partial charge in [0.2, 0.25) is 5.91 Å². The normalized spacial score (nSPS) is 16.4. The first-order valence-corrected chi connectivity index (χ1v) is 13.8. The molecule has 1 aliphatic rings. The Hall–Kier alpha value is -2.56. The van der Waals surface area contributed by atoms with E-state index in [1.165, 1.54) is 12.1 Å². The van der Waals surface area contributed by atoms with Crippen molar-refractivity contribution in [2.75, 3.05) is 6.54 Å². The highest BCUT2D eigenvalue weighted by Gasteiger charge is 2.34. The molecular weight excluding hydrogens is 601 g/mol. The van der Waals surface area contributed by atoms with Gasteiger partial charge in [-0.15, -0.1) is 0 Å². The summed E-state index contributed by atoms with van der Waals surface area (Å²) in [4.78, 5) is 13.6. The van der Waals surface area contributed by atoms with E-state index in [9.17, 15) is 18.7 Å². The molecule has 0 aromatic heterocycles. The third-order valence-electron chi connectivity index (χ3n) is 6.92. The number of hydrogen-bond donors (Lipinski definition) is 3. The molecule has 0 fully saturated rings. The van der Waals surface area contributed by atoms with Gasteiger partial charge in [0.25, 0.3) is 0 Å². The smallest absolute Gasteiger partial charge is 0.230 e. The van der Waals surface area contributed by atoms with Crippen LogP contribution in [0.1, 0.15) is 43.0 Å². The molecule has 8 heteroatoms. The molecule has 0 bridgehead atoms. The van der Waals surface area contributed by atoms with Crippen molar-refractivity contribution in [2.24, 2.45) is 0 Å². The third kappa shape index (κ3) is 7.09. The molecular formula is C30H33F2IN2O3. The van der Waals surface area contributed by atoms with Crippen molar-refractivity contribution in [3.63, 3.8) is 0 Å². The molecule has 0 saturated carbocycles. The van der Waals surface area contributed by atoms with Gasteiger partial charge in [-0.05, 0) is 102 Å². The predicted octanol–water partition coefficient (Wildman–Crippen LogP) is 5.05. The van der Waals surface area contributed by atoms with Crippen molar-refractivity contribution in [1.29, 1.82) is 0 Å². The maximum atomic E-state index is 13.9. The number of halogens is 3. The van der Waals surface area contributed by atoms with Crippen LogP contribution in [0.5, 0.6) is 5.75 Å². The van der Waals surface area contributed by atoms with Gasteiger partial charge >= 0.3 is 0 Å². The topological polar surface area (TPSA) is 70.6 Å². The SMILES string of the molecule is CC1Cc2cc(C(C)(C)C(=O)N[C@@H](Cc3cc(F)cc(F)c3)[C@H](O)CNCc3cccc(I)c3)ccc2O1. The molecule has 1 unspecified atom stereocenters. The number of benzene rings is 3. The number of nitrogens with one attached hydrogen (secondary N) is 2. The lowest BCUT2D eigenvalue weighted by Crippen LogP contribution is -2.53. The maximum Gasteiger partial charge on any atom is 0.230 e. The number of hydrogen-bond acceptors (Lipinski definition) is 4. The molecule has 0 spiro atoms. The second-order valence-electron chi connectivity index (χ2n) is 10.5. The molecule has 3 atom stereocenters. The minimum atomic E-state index is -1.00. The molecule has 3 N–H and O–H groups in total. The zero-order chi connectivity index (χ0) is 27.4. The lowest BCUT2D eigenvalue weighted by molar-refractivity contribution is -0.127. The fraction of sp³-hybridized carbons (Fsp3) is 0.367. The molecule has 4 rings (SSSR count). The number of carbonyl (C=O) groups excluding carboxylic acids is 1. The third-order valence-corrected chi connectivity index (χ3v) is 7.59. The molecule has 1 aliphatic heterocycles. The number of ether oxygens (including phenoxy) is 1. The van der Waals surface area contributed by atoms with Crippen LogP contribution in [-0.4, -0.2) is 35.8 Å². The van der Waals surface area contributed by atoms with Gasteiger partial charge in [-0.2, -0.15) is 0 Å². The molecule has 0 aliphatic carbocycles. The van der Waals surface area contributed by atoms with Crippen molar-refractivity contribution < 1.29 is 23.4 Å². The molecule has 0 saturated heterocycles. The van der Waals surface area contributed by atoms with Gasteiger partial charge in [-0.25, -0.2) is 8.78 Å². The summed E-state index contributed by atoms with van der Waals surface area (Å²) < 4.78 is 34.7. The standard InChI is InChI=1S/C30H33F2IN2O3/c1-18-9-21-14-22(7-8-28(21)38-18)30(2,3)29(37)35-26(13-20-10-23(31)15-24(32)11-20)27(36)17-34-16-19-5-4-6-25(33)12-19/h4-8,10-12,14-15,18,26-27,34,36H,9,13,16-17H2,1-3H3,(H,35,37)/t18?,26-,27+/m0/s1. The average molecular weight is 635 g/mol. The van der Waals surface area contributed by atoms with E-state index in [-0.39, 0.29) is 25.0 Å². The van der Waals surface area contributed by atoms with Gasteiger partial charge in [0.05, 0.1) is 17.6 Å². The summed E-state index contributed by atoms with van der Waals surface area (Å²) in [6.07, 6.45) is -0.0641. The van der Waals surface area contributed by atoms with Crippen LogP contribution in [0.2, 0.25) is 0 Å². The number of aliphatic hydroxyl groups is 1. The summed E-state index contributed by atoms with van der Waals surface area (Å²) >= 11 is 2.24. The zero-order valence-corrected chi connectivity index (χ0v) is 23.9. The molecule has 38 heavy (non-hydrogen) atoms. The molecule has 3 aromatic carbocycles. The van der Waals surface area contributed by atoms with E-state index < -0.39 is 29.2 Å². The van der Waals surface area contributed by atoms with Crippen LogP contribution in [0.3, 0.4) is 0 Å². The number of carbonyl (C=O) groups is 1. The van der Waals surface area contributed by atoms with Crippen molar-refractivity contribution in [2.45, 2.75) is 63.8 Å². The summed E-state index contributed by atoms with van der Waals surface area (Å²) in [5.41, 5.74) is 2.38. The Morgan fingerprint density at radius 1 is 1.11 bits per heavy atom. The highest BCUT2D eigenvalue weighted by Crippen LogP contribution is 2.34. The first kappa shape index (κ1) is 28.4. The number of amides is 1. The lowest BCUT2D eigenvalue weighted by atomic mass is 9.82. The highest BCUT2D eigenvalue weighted by molar-refractivity contribution is 14.1. The van der Waals surface area contributed by atoms with Crippen LogP contribution >= 0.6 is 22.6 Å². The molecule has 1 amide bonds. The fourth-order valence-electron chi connectivity index (χ4n) is 4.71. The van der Waals surface area contributed by atoms with Crippen molar-refractivity contribution in [1.82, 2.24) is 10.6 Å². The van der Waals surface area contributed by atoms with Crippen LogP contribution in [0.15, 0.2) is 60.7 Å². The van der Waals surface area contributed by atoms with Gasteiger partial charge in [0, 0.05) is 29.1 Å². The first-order valence-electron chi connectivity index (χ1n) is 12.7. The number of aliphatic hydroxyl groups excluding tert-OH is 1. The predicted molar refractivity (Wildman–Crippen MR) is 152 cm³/mol. The maximum absolute atomic E-state index is 13.9. The van der Waals surface area contributed by atoms with Gasteiger partial charge < -0.3 is 20.5 Å². The van der Waals surface area contributed by atoms with Gasteiger partial charge in [0.1, 0.15) is 23.5 Å². The monoisotopic (exact) mass is 634 g/mol. The van der Waals surface area contributed by atoms with E-state index in [4.69, 9.17) is 4.74 Å². The van der Waals surface area contributed by atoms with Crippen LogP contribution in [-0.2, 0) is 29.6 Å². The van der Waals surface area contributed by atoms with Crippen molar-refractivity contribution >= 4 is 28.5 Å². The summed E-state index contributed by atoms with van der Waals surface area (Å²) in [5.74, 6) is -0.862. The van der Waals surface area contributed by atoms with Crippen molar-refractivity contribution in [3.05, 3.63) is 98.1 Å². The molecule has 0 radical (unpaired) electrons. The second-order valence-corrected chi connectivity index (χ2v) is 11.7. The summed E-state index contributed by atoms with van der Waals surface area (Å²) in [5, 5.41) is 17.3. The Morgan fingerprint density at radius 2 is 1.84 bits per heavy atom. The van der Waals surface area contributed by atoms with Crippen LogP contribution in [0.25, 0.3) is 0 Å². The minimum Gasteiger partial charge on any atom is -0.490 e. The Morgan fingerprint density at radius 3 is 2.55 bits per heavy atom. The Kier molecular flexibility index (Phi) is 9.05. The molecule has 5 nitrogen and oxygen atoms in total. The van der Waals surface area contributed by atoms with E-state index in [0.29, 0.717) is 12.1 Å². The fourth-order valence-corrected chi connectivity index (χ4v) is 5.32.